The molecule has 0 aliphatic carbocycles. The molecular formula is C18H14ClNOS. The number of rotatable bonds is 4. The molecule has 4 heteroatoms. The fraction of sp³-hybridized carbons (Fsp3) is 0.0556. The summed E-state index contributed by atoms with van der Waals surface area (Å²) in [5.74, 6) is 1.13. The lowest BCUT2D eigenvalue weighted by Crippen LogP contribution is -1.78. The lowest BCUT2D eigenvalue weighted by atomic mass is 10.2. The van der Waals surface area contributed by atoms with E-state index in [0.29, 0.717) is 16.7 Å². The number of nitrogens with zero attached hydrogens (tertiary/aromatic N) is 1. The third kappa shape index (κ3) is 3.43. The second-order valence-corrected chi connectivity index (χ2v) is 5.95. The van der Waals surface area contributed by atoms with Crippen molar-refractivity contribution in [2.45, 2.75) is 4.90 Å². The molecule has 0 amide bonds. The SMILES string of the molecule is CSc1ccc(/C=C(\Cl)c2ncc(-c3ccccc3)o2)cc1. The minimum absolute atomic E-state index is 0.425. The first-order chi connectivity index (χ1) is 10.8. The number of hydrogen-bond acceptors (Lipinski definition) is 3. The van der Waals surface area contributed by atoms with Gasteiger partial charge in [-0.05, 0) is 30.0 Å². The summed E-state index contributed by atoms with van der Waals surface area (Å²) in [7, 11) is 0. The van der Waals surface area contributed by atoms with E-state index in [1.165, 1.54) is 4.90 Å². The Kier molecular flexibility index (Phi) is 4.66. The Hall–Kier alpha value is -1.97. The summed E-state index contributed by atoms with van der Waals surface area (Å²) in [6, 6.07) is 18.0. The average molecular weight is 328 g/mol. The highest BCUT2D eigenvalue weighted by Gasteiger charge is 2.09. The molecule has 0 saturated carbocycles. The third-order valence-corrected chi connectivity index (χ3v) is 4.19. The molecule has 0 radical (unpaired) electrons. The van der Waals surface area contributed by atoms with Crippen LogP contribution in [0.2, 0.25) is 0 Å². The predicted octanol–water partition coefficient (Wildman–Crippen LogP) is 5.80. The molecule has 3 rings (SSSR count). The maximum absolute atomic E-state index is 6.31. The van der Waals surface area contributed by atoms with E-state index >= 15 is 0 Å². The number of thioether (sulfide) groups is 1. The van der Waals surface area contributed by atoms with Gasteiger partial charge in [0.05, 0.1) is 6.20 Å². The smallest absolute Gasteiger partial charge is 0.238 e. The van der Waals surface area contributed by atoms with Crippen LogP contribution in [0.25, 0.3) is 22.4 Å². The Labute approximate surface area is 138 Å². The molecule has 2 aromatic carbocycles. The van der Waals surface area contributed by atoms with Crippen LogP contribution in [0, 0.1) is 0 Å². The molecule has 0 aliphatic rings. The van der Waals surface area contributed by atoms with Crippen LogP contribution in [0.4, 0.5) is 0 Å². The highest BCUT2D eigenvalue weighted by molar-refractivity contribution is 7.98. The summed E-state index contributed by atoms with van der Waals surface area (Å²) in [5, 5.41) is 0.485. The second kappa shape index (κ2) is 6.86. The van der Waals surface area contributed by atoms with Gasteiger partial charge in [0, 0.05) is 10.5 Å². The largest absolute Gasteiger partial charge is 0.435 e. The number of benzene rings is 2. The Balaban J connectivity index is 1.84. The molecule has 3 aromatic rings. The van der Waals surface area contributed by atoms with Crippen LogP contribution in [-0.2, 0) is 0 Å². The number of oxazole rings is 1. The highest BCUT2D eigenvalue weighted by atomic mass is 35.5. The van der Waals surface area contributed by atoms with Crippen molar-refractivity contribution >= 4 is 34.5 Å². The zero-order valence-electron chi connectivity index (χ0n) is 12.0. The maximum Gasteiger partial charge on any atom is 0.238 e. The van der Waals surface area contributed by atoms with Gasteiger partial charge in [0.1, 0.15) is 5.03 Å². The van der Waals surface area contributed by atoms with E-state index in [4.69, 9.17) is 16.0 Å². The average Bonchev–Trinajstić information content (AvgIpc) is 3.06. The van der Waals surface area contributed by atoms with E-state index in [-0.39, 0.29) is 0 Å². The first-order valence-electron chi connectivity index (χ1n) is 6.79. The summed E-state index contributed by atoms with van der Waals surface area (Å²) in [4.78, 5) is 5.47. The fourth-order valence-corrected chi connectivity index (χ4v) is 2.65. The summed E-state index contributed by atoms with van der Waals surface area (Å²) in [5.41, 5.74) is 2.00. The van der Waals surface area contributed by atoms with Crippen molar-refractivity contribution in [3.63, 3.8) is 0 Å². The summed E-state index contributed by atoms with van der Waals surface area (Å²) < 4.78 is 5.73. The molecule has 0 aliphatic heterocycles. The van der Waals surface area contributed by atoms with E-state index in [9.17, 15) is 0 Å². The zero-order chi connectivity index (χ0) is 15.4. The van der Waals surface area contributed by atoms with Crippen molar-refractivity contribution in [2.24, 2.45) is 0 Å². The van der Waals surface area contributed by atoms with Crippen LogP contribution in [-0.4, -0.2) is 11.2 Å². The molecule has 2 nitrogen and oxygen atoms in total. The van der Waals surface area contributed by atoms with E-state index < -0.39 is 0 Å². The summed E-state index contributed by atoms with van der Waals surface area (Å²) >= 11 is 8.02. The number of halogens is 1. The van der Waals surface area contributed by atoms with Gasteiger partial charge in [-0.15, -0.1) is 11.8 Å². The topological polar surface area (TPSA) is 26.0 Å². The molecule has 1 aromatic heterocycles. The zero-order valence-corrected chi connectivity index (χ0v) is 13.6. The van der Waals surface area contributed by atoms with Gasteiger partial charge in [-0.3, -0.25) is 0 Å². The molecule has 0 fully saturated rings. The minimum atomic E-state index is 0.425. The number of aromatic nitrogens is 1. The molecular weight excluding hydrogens is 314 g/mol. The Morgan fingerprint density at radius 2 is 1.82 bits per heavy atom. The van der Waals surface area contributed by atoms with Gasteiger partial charge in [-0.2, -0.15) is 0 Å². The first kappa shape index (κ1) is 14.9. The van der Waals surface area contributed by atoms with Gasteiger partial charge < -0.3 is 4.42 Å². The van der Waals surface area contributed by atoms with E-state index in [1.54, 1.807) is 18.0 Å². The third-order valence-electron chi connectivity index (χ3n) is 3.18. The van der Waals surface area contributed by atoms with Crippen LogP contribution >= 0.6 is 23.4 Å². The Morgan fingerprint density at radius 1 is 1.09 bits per heavy atom. The van der Waals surface area contributed by atoms with Crippen LogP contribution in [0.15, 0.2) is 70.1 Å². The summed E-state index contributed by atoms with van der Waals surface area (Å²) in [6.45, 7) is 0. The lowest BCUT2D eigenvalue weighted by Gasteiger charge is -1.98. The molecule has 0 saturated heterocycles. The van der Waals surface area contributed by atoms with E-state index in [2.05, 4.69) is 23.4 Å². The van der Waals surface area contributed by atoms with Crippen molar-refractivity contribution in [3.05, 3.63) is 72.2 Å². The van der Waals surface area contributed by atoms with Crippen LogP contribution in [0.3, 0.4) is 0 Å². The molecule has 22 heavy (non-hydrogen) atoms. The predicted molar refractivity (Wildman–Crippen MR) is 93.9 cm³/mol. The first-order valence-corrected chi connectivity index (χ1v) is 8.39. The standard InChI is InChI=1S/C18H14ClNOS/c1-22-15-9-7-13(8-10-15)11-16(19)18-20-12-17(21-18)14-5-3-2-4-6-14/h2-12H,1H3/b16-11-. The van der Waals surface area contributed by atoms with Crippen molar-refractivity contribution in [1.82, 2.24) is 4.98 Å². The Morgan fingerprint density at radius 3 is 2.50 bits per heavy atom. The Bertz CT molecular complexity index is 778. The molecule has 0 spiro atoms. The molecule has 110 valence electrons. The van der Waals surface area contributed by atoms with Gasteiger partial charge >= 0.3 is 0 Å². The molecule has 0 unspecified atom stereocenters. The van der Waals surface area contributed by atoms with Crippen molar-refractivity contribution in [2.75, 3.05) is 6.26 Å². The summed E-state index contributed by atoms with van der Waals surface area (Å²) in [6.07, 6.45) is 5.60. The minimum Gasteiger partial charge on any atom is -0.435 e. The number of hydrogen-bond donors (Lipinski definition) is 0. The van der Waals surface area contributed by atoms with Gasteiger partial charge in [-0.1, -0.05) is 54.1 Å². The van der Waals surface area contributed by atoms with Crippen LogP contribution < -0.4 is 0 Å². The van der Waals surface area contributed by atoms with Crippen LogP contribution in [0.1, 0.15) is 11.5 Å². The van der Waals surface area contributed by atoms with Gasteiger partial charge in [0.15, 0.2) is 5.76 Å². The second-order valence-electron chi connectivity index (χ2n) is 4.66. The molecule has 0 N–H and O–H groups in total. The monoisotopic (exact) mass is 327 g/mol. The molecule has 1 heterocycles. The maximum atomic E-state index is 6.31. The fourth-order valence-electron chi connectivity index (χ4n) is 2.03. The van der Waals surface area contributed by atoms with Crippen LogP contribution in [0.5, 0.6) is 0 Å². The van der Waals surface area contributed by atoms with Crippen molar-refractivity contribution < 1.29 is 4.42 Å². The van der Waals surface area contributed by atoms with Gasteiger partial charge in [0.2, 0.25) is 5.89 Å². The lowest BCUT2D eigenvalue weighted by molar-refractivity contribution is 0.559. The van der Waals surface area contributed by atoms with E-state index in [1.807, 2.05) is 48.5 Å². The van der Waals surface area contributed by atoms with Gasteiger partial charge in [-0.25, -0.2) is 4.98 Å². The van der Waals surface area contributed by atoms with Crippen molar-refractivity contribution in [1.29, 1.82) is 0 Å². The van der Waals surface area contributed by atoms with Crippen molar-refractivity contribution in [3.8, 4) is 11.3 Å². The van der Waals surface area contributed by atoms with Gasteiger partial charge in [0.25, 0.3) is 0 Å². The quantitative estimate of drug-likeness (QED) is 0.566. The normalized spacial score (nSPS) is 11.6. The molecule has 0 atom stereocenters. The highest BCUT2D eigenvalue weighted by Crippen LogP contribution is 2.27. The van der Waals surface area contributed by atoms with E-state index in [0.717, 1.165) is 11.1 Å². The molecule has 0 bridgehead atoms.